The number of aliphatic hydroxyl groups is 2. The van der Waals surface area contributed by atoms with Crippen LogP contribution in [-0.4, -0.2) is 78.5 Å². The largest absolute Gasteiger partial charge is 0.509 e. The van der Waals surface area contributed by atoms with Crippen LogP contribution in [0.25, 0.3) is 0 Å². The van der Waals surface area contributed by atoms with Gasteiger partial charge in [-0.1, -0.05) is 123 Å². The van der Waals surface area contributed by atoms with E-state index < -0.39 is 49.3 Å². The van der Waals surface area contributed by atoms with Crippen LogP contribution < -0.4 is 5.32 Å². The van der Waals surface area contributed by atoms with Crippen LogP contribution in [0.4, 0.5) is 4.79 Å². The molecule has 0 radical (unpaired) electrons. The van der Waals surface area contributed by atoms with Gasteiger partial charge in [0.2, 0.25) is 5.91 Å². The number of ether oxygens (including phenoxy) is 4. The van der Waals surface area contributed by atoms with Gasteiger partial charge in [-0.25, -0.2) is 4.79 Å². The van der Waals surface area contributed by atoms with Crippen LogP contribution in [0.1, 0.15) is 136 Å². The number of unbranched alkanes of at least 4 members (excludes halogenated alkanes) is 15. The fourth-order valence-electron chi connectivity index (χ4n) is 5.43. The van der Waals surface area contributed by atoms with E-state index in [0.717, 1.165) is 51.4 Å². The molecule has 10 heteroatoms. The number of hydrogen-bond acceptors (Lipinski definition) is 9. The van der Waals surface area contributed by atoms with Crippen molar-refractivity contribution in [3.8, 4) is 0 Å². The molecule has 0 saturated carbocycles. The maximum absolute atomic E-state index is 12.9. The topological polar surface area (TPSA) is 141 Å². The zero-order chi connectivity index (χ0) is 32.4. The van der Waals surface area contributed by atoms with Crippen LogP contribution in [0.3, 0.4) is 0 Å². The van der Waals surface area contributed by atoms with Crippen LogP contribution in [0.15, 0.2) is 12.7 Å². The first-order valence-corrected chi connectivity index (χ1v) is 17.2. The predicted molar refractivity (Wildman–Crippen MR) is 170 cm³/mol. The number of carbonyl (C=O) groups is 3. The van der Waals surface area contributed by atoms with Gasteiger partial charge in [-0.3, -0.25) is 9.59 Å². The van der Waals surface area contributed by atoms with E-state index in [1.54, 1.807) is 0 Å². The molecule has 256 valence electrons. The third-order valence-corrected chi connectivity index (χ3v) is 7.95. The Morgan fingerprint density at radius 2 is 1.36 bits per heavy atom. The summed E-state index contributed by atoms with van der Waals surface area (Å²) < 4.78 is 22.0. The highest BCUT2D eigenvalue weighted by Gasteiger charge is 2.49. The highest BCUT2D eigenvalue weighted by Crippen LogP contribution is 2.26. The molecule has 1 rings (SSSR count). The van der Waals surface area contributed by atoms with Crippen LogP contribution in [-0.2, 0) is 28.5 Å². The summed E-state index contributed by atoms with van der Waals surface area (Å²) in [5.41, 5.74) is 0. The molecule has 1 aliphatic heterocycles. The lowest BCUT2D eigenvalue weighted by atomic mass is 9.96. The Hall–Kier alpha value is -2.01. The minimum atomic E-state index is -1.55. The summed E-state index contributed by atoms with van der Waals surface area (Å²) in [6.07, 6.45) is 14.5. The molecule has 1 amide bonds. The van der Waals surface area contributed by atoms with Gasteiger partial charge < -0.3 is 34.5 Å². The molecule has 0 aromatic carbocycles. The first-order chi connectivity index (χ1) is 21.4. The molecule has 0 aliphatic carbocycles. The van der Waals surface area contributed by atoms with Crippen LogP contribution in [0.2, 0.25) is 0 Å². The van der Waals surface area contributed by atoms with E-state index >= 15 is 0 Å². The molecule has 44 heavy (non-hydrogen) atoms. The summed E-state index contributed by atoms with van der Waals surface area (Å²) in [5.74, 6) is -0.753. The van der Waals surface area contributed by atoms with Crippen LogP contribution in [0, 0.1) is 0 Å². The van der Waals surface area contributed by atoms with Gasteiger partial charge >= 0.3 is 6.16 Å². The molecule has 0 aromatic heterocycles. The van der Waals surface area contributed by atoms with Crippen molar-refractivity contribution in [1.29, 1.82) is 0 Å². The fraction of sp³-hybridized carbons (Fsp3) is 0.853. The minimum Gasteiger partial charge on any atom is -0.430 e. The number of carbonyl (C=O) groups excluding carboxylic acids is 3. The second kappa shape index (κ2) is 26.2. The van der Waals surface area contributed by atoms with Gasteiger partial charge in [0.15, 0.2) is 12.4 Å². The smallest absolute Gasteiger partial charge is 0.430 e. The molecule has 10 nitrogen and oxygen atoms in total. The van der Waals surface area contributed by atoms with Crippen molar-refractivity contribution in [2.45, 2.75) is 166 Å². The standard InChI is InChI=1S/C34H61NO9/c1-4-7-9-11-13-15-16-18-20-22-27(37)25-29(38)35-30-32(41-24-21-19-17-14-12-10-8-5-2)31(28(26-36)43-33(30)39)44-34(40)42-23-6-3/h6,28,30-33,36,39H,3-5,7-26H2,1-2H3,(H,35,38)/t28-,30-,31-,32-,33+/m1/s1. The number of Topliss-reactive ketones (excluding diaryl/α,β-unsaturated/α-hetero) is 1. The Morgan fingerprint density at radius 3 is 1.91 bits per heavy atom. The number of aliphatic hydroxyl groups excluding tert-OH is 2. The molecule has 1 saturated heterocycles. The molecular formula is C34H61NO9. The van der Waals surface area contributed by atoms with Crippen LogP contribution >= 0.6 is 0 Å². The molecule has 1 aliphatic rings. The molecule has 3 N–H and O–H groups in total. The highest BCUT2D eigenvalue weighted by molar-refractivity contribution is 5.98. The molecule has 1 fully saturated rings. The van der Waals surface area contributed by atoms with Crippen molar-refractivity contribution >= 4 is 17.8 Å². The van der Waals surface area contributed by atoms with Crippen molar-refractivity contribution in [2.75, 3.05) is 19.8 Å². The van der Waals surface area contributed by atoms with E-state index in [4.69, 9.17) is 18.9 Å². The quantitative estimate of drug-likeness (QED) is 0.0414. The van der Waals surface area contributed by atoms with Crippen molar-refractivity contribution < 1.29 is 43.5 Å². The first-order valence-electron chi connectivity index (χ1n) is 17.2. The number of nitrogens with one attached hydrogen (secondary N) is 1. The van der Waals surface area contributed by atoms with Gasteiger partial charge in [0, 0.05) is 13.0 Å². The van der Waals surface area contributed by atoms with Crippen molar-refractivity contribution in [1.82, 2.24) is 5.32 Å². The second-order valence-electron chi connectivity index (χ2n) is 11.9. The Morgan fingerprint density at radius 1 is 0.818 bits per heavy atom. The number of amides is 1. The monoisotopic (exact) mass is 627 g/mol. The lowest BCUT2D eigenvalue weighted by Crippen LogP contribution is -2.66. The Labute approximate surface area is 265 Å². The molecule has 5 atom stereocenters. The molecule has 0 spiro atoms. The maximum atomic E-state index is 12.9. The number of rotatable bonds is 27. The number of ketones is 1. The van der Waals surface area contributed by atoms with Gasteiger partial charge in [0.25, 0.3) is 0 Å². The summed E-state index contributed by atoms with van der Waals surface area (Å²) in [7, 11) is 0. The maximum Gasteiger partial charge on any atom is 0.509 e. The van der Waals surface area contributed by atoms with Gasteiger partial charge in [0.1, 0.15) is 30.6 Å². The first kappa shape index (κ1) is 40.0. The van der Waals surface area contributed by atoms with Crippen molar-refractivity contribution in [2.24, 2.45) is 0 Å². The van der Waals surface area contributed by atoms with E-state index in [9.17, 15) is 24.6 Å². The average molecular weight is 628 g/mol. The molecule has 0 aromatic rings. The summed E-state index contributed by atoms with van der Waals surface area (Å²) in [6.45, 7) is 7.54. The summed E-state index contributed by atoms with van der Waals surface area (Å²) in [5, 5.41) is 23.3. The summed E-state index contributed by atoms with van der Waals surface area (Å²) in [4.78, 5) is 37.7. The van der Waals surface area contributed by atoms with E-state index in [0.29, 0.717) is 6.42 Å². The van der Waals surface area contributed by atoms with E-state index in [-0.39, 0.29) is 25.4 Å². The van der Waals surface area contributed by atoms with Gasteiger partial charge in [0.05, 0.1) is 13.0 Å². The molecule has 0 bridgehead atoms. The van der Waals surface area contributed by atoms with Crippen LogP contribution in [0.5, 0.6) is 0 Å². The predicted octanol–water partition coefficient (Wildman–Crippen LogP) is 6.29. The Kier molecular flexibility index (Phi) is 23.9. The fourth-order valence-corrected chi connectivity index (χ4v) is 5.43. The van der Waals surface area contributed by atoms with E-state index in [1.807, 2.05) is 0 Å². The minimum absolute atomic E-state index is 0.0795. The normalized spacial score (nSPS) is 21.5. The van der Waals surface area contributed by atoms with Crippen molar-refractivity contribution in [3.05, 3.63) is 12.7 Å². The van der Waals surface area contributed by atoms with E-state index in [2.05, 4.69) is 25.7 Å². The van der Waals surface area contributed by atoms with E-state index in [1.165, 1.54) is 63.9 Å². The highest BCUT2D eigenvalue weighted by atomic mass is 16.7. The molecule has 0 unspecified atom stereocenters. The van der Waals surface area contributed by atoms with Crippen molar-refractivity contribution in [3.63, 3.8) is 0 Å². The lowest BCUT2D eigenvalue weighted by molar-refractivity contribution is -0.263. The number of hydrogen-bond donors (Lipinski definition) is 3. The Balaban J connectivity index is 2.69. The zero-order valence-electron chi connectivity index (χ0n) is 27.5. The summed E-state index contributed by atoms with van der Waals surface area (Å²) >= 11 is 0. The lowest BCUT2D eigenvalue weighted by Gasteiger charge is -2.43. The molecular weight excluding hydrogens is 566 g/mol. The second-order valence-corrected chi connectivity index (χ2v) is 11.9. The SMILES string of the molecule is C=CCOC(=O)O[C@H]1[C@H](OCCCCCCCCCC)[C@@H](NC(=O)CC(=O)CCCCCCCCCCC)[C@@H](O)O[C@@H]1CO. The van der Waals surface area contributed by atoms with Gasteiger partial charge in [-0.15, -0.1) is 0 Å². The van der Waals surface area contributed by atoms with Gasteiger partial charge in [-0.05, 0) is 12.8 Å². The molecule has 1 heterocycles. The third kappa shape index (κ3) is 18.1. The third-order valence-electron chi connectivity index (χ3n) is 7.95. The van der Waals surface area contributed by atoms with Gasteiger partial charge in [-0.2, -0.15) is 0 Å². The summed E-state index contributed by atoms with van der Waals surface area (Å²) in [6, 6.07) is -1.13. The average Bonchev–Trinajstić information content (AvgIpc) is 3.00. The zero-order valence-corrected chi connectivity index (χ0v) is 27.5. The Bertz CT molecular complexity index is 778.